The highest BCUT2D eigenvalue weighted by Crippen LogP contribution is 2.55. The SMILES string of the molecule is Cc1cccc(-c2ccc(NC(=O)C3(C4=CC5=C(CC4)OCO5)CC3)nc2C)c1. The average Bonchev–Trinajstić information content (AvgIpc) is 3.39. The first-order valence-corrected chi connectivity index (χ1v) is 10.1. The molecule has 1 amide bonds. The number of nitrogens with one attached hydrogen (secondary N) is 1. The Bertz CT molecular complexity index is 1060. The molecule has 29 heavy (non-hydrogen) atoms. The fourth-order valence-corrected chi connectivity index (χ4v) is 4.29. The molecule has 5 heteroatoms. The molecule has 5 rings (SSSR count). The second-order valence-electron chi connectivity index (χ2n) is 8.10. The van der Waals surface area contributed by atoms with E-state index in [2.05, 4.69) is 41.5 Å². The number of carbonyl (C=O) groups is 1. The first kappa shape index (κ1) is 18.0. The van der Waals surface area contributed by atoms with E-state index in [-0.39, 0.29) is 12.7 Å². The van der Waals surface area contributed by atoms with Crippen molar-refractivity contribution in [3.63, 3.8) is 0 Å². The third-order valence-electron chi connectivity index (χ3n) is 6.10. The van der Waals surface area contributed by atoms with Crippen LogP contribution in [0.4, 0.5) is 5.82 Å². The molecule has 1 N–H and O–H groups in total. The van der Waals surface area contributed by atoms with Gasteiger partial charge in [-0.1, -0.05) is 35.4 Å². The largest absolute Gasteiger partial charge is 0.458 e. The molecule has 0 bridgehead atoms. The van der Waals surface area contributed by atoms with Crippen LogP contribution in [0.1, 0.15) is 36.9 Å². The van der Waals surface area contributed by atoms with Gasteiger partial charge in [-0.25, -0.2) is 4.98 Å². The number of hydrogen-bond acceptors (Lipinski definition) is 4. The van der Waals surface area contributed by atoms with E-state index in [0.717, 1.165) is 59.6 Å². The minimum Gasteiger partial charge on any atom is -0.458 e. The quantitative estimate of drug-likeness (QED) is 0.799. The van der Waals surface area contributed by atoms with Gasteiger partial charge in [0.25, 0.3) is 0 Å². The number of aryl methyl sites for hydroxylation is 2. The van der Waals surface area contributed by atoms with Gasteiger partial charge in [0.2, 0.25) is 12.7 Å². The number of pyridine rings is 1. The summed E-state index contributed by atoms with van der Waals surface area (Å²) in [6, 6.07) is 12.3. The van der Waals surface area contributed by atoms with Crippen molar-refractivity contribution in [1.82, 2.24) is 4.98 Å². The van der Waals surface area contributed by atoms with Crippen LogP contribution in [0.15, 0.2) is 59.6 Å². The number of nitrogens with zero attached hydrogens (tertiary/aromatic N) is 1. The van der Waals surface area contributed by atoms with E-state index < -0.39 is 5.41 Å². The molecule has 0 radical (unpaired) electrons. The Balaban J connectivity index is 1.35. The Kier molecular flexibility index (Phi) is 4.19. The number of rotatable bonds is 4. The van der Waals surface area contributed by atoms with Crippen molar-refractivity contribution in [3.8, 4) is 11.1 Å². The molecule has 0 unspecified atom stereocenters. The molecule has 2 aromatic rings. The van der Waals surface area contributed by atoms with E-state index in [1.54, 1.807) is 0 Å². The Labute approximate surface area is 170 Å². The molecule has 0 saturated heterocycles. The van der Waals surface area contributed by atoms with E-state index in [4.69, 9.17) is 9.47 Å². The number of hydrogen-bond donors (Lipinski definition) is 1. The lowest BCUT2D eigenvalue weighted by atomic mass is 9.87. The number of allylic oxidation sites excluding steroid dienone is 2. The molecular weight excluding hydrogens is 364 g/mol. The van der Waals surface area contributed by atoms with Gasteiger partial charge in [0.15, 0.2) is 5.76 Å². The number of ether oxygens (including phenoxy) is 2. The van der Waals surface area contributed by atoms with Gasteiger partial charge in [-0.2, -0.15) is 0 Å². The lowest BCUT2D eigenvalue weighted by Gasteiger charge is -2.21. The van der Waals surface area contributed by atoms with E-state index in [9.17, 15) is 4.79 Å². The van der Waals surface area contributed by atoms with Crippen LogP contribution in [0.2, 0.25) is 0 Å². The molecule has 1 aliphatic heterocycles. The van der Waals surface area contributed by atoms with E-state index in [0.29, 0.717) is 5.82 Å². The smallest absolute Gasteiger partial charge is 0.235 e. The molecule has 2 aliphatic carbocycles. The molecule has 148 valence electrons. The van der Waals surface area contributed by atoms with Crippen molar-refractivity contribution >= 4 is 11.7 Å². The van der Waals surface area contributed by atoms with Crippen molar-refractivity contribution in [1.29, 1.82) is 0 Å². The molecule has 0 spiro atoms. The normalized spacial score (nSPS) is 19.0. The molecule has 1 aromatic carbocycles. The maximum atomic E-state index is 13.1. The molecular formula is C24H24N2O3. The highest BCUT2D eigenvalue weighted by molar-refractivity contribution is 5.99. The lowest BCUT2D eigenvalue weighted by Crippen LogP contribution is -2.27. The third-order valence-corrected chi connectivity index (χ3v) is 6.10. The van der Waals surface area contributed by atoms with Gasteiger partial charge in [0.05, 0.1) is 5.41 Å². The van der Waals surface area contributed by atoms with Crippen LogP contribution in [0.3, 0.4) is 0 Å². The fourth-order valence-electron chi connectivity index (χ4n) is 4.29. The van der Waals surface area contributed by atoms with Gasteiger partial charge in [-0.05, 0) is 56.9 Å². The van der Waals surface area contributed by atoms with Crippen LogP contribution in [-0.4, -0.2) is 17.7 Å². The highest BCUT2D eigenvalue weighted by atomic mass is 16.7. The second-order valence-corrected chi connectivity index (χ2v) is 8.10. The first-order valence-electron chi connectivity index (χ1n) is 10.1. The Morgan fingerprint density at radius 2 is 1.97 bits per heavy atom. The molecule has 5 nitrogen and oxygen atoms in total. The van der Waals surface area contributed by atoms with Crippen LogP contribution in [0, 0.1) is 19.3 Å². The molecule has 3 aliphatic rings. The maximum absolute atomic E-state index is 13.1. The van der Waals surface area contributed by atoms with Crippen LogP contribution >= 0.6 is 0 Å². The molecule has 1 aromatic heterocycles. The number of amides is 1. The van der Waals surface area contributed by atoms with E-state index in [1.807, 2.05) is 25.1 Å². The summed E-state index contributed by atoms with van der Waals surface area (Å²) >= 11 is 0. The number of benzene rings is 1. The van der Waals surface area contributed by atoms with Crippen molar-refractivity contribution in [2.24, 2.45) is 5.41 Å². The zero-order valence-electron chi connectivity index (χ0n) is 16.7. The van der Waals surface area contributed by atoms with Gasteiger partial charge >= 0.3 is 0 Å². The van der Waals surface area contributed by atoms with Crippen LogP contribution in [0.5, 0.6) is 0 Å². The van der Waals surface area contributed by atoms with Gasteiger partial charge in [-0.3, -0.25) is 4.79 Å². The molecule has 2 heterocycles. The minimum atomic E-state index is -0.421. The number of carbonyl (C=O) groups excluding carboxylic acids is 1. The van der Waals surface area contributed by atoms with Gasteiger partial charge in [0.1, 0.15) is 11.6 Å². The number of anilines is 1. The molecule has 1 saturated carbocycles. The maximum Gasteiger partial charge on any atom is 0.235 e. The topological polar surface area (TPSA) is 60.5 Å². The van der Waals surface area contributed by atoms with Gasteiger partial charge in [0, 0.05) is 17.7 Å². The molecule has 1 fully saturated rings. The summed E-state index contributed by atoms with van der Waals surface area (Å²) in [5.41, 5.74) is 5.07. The fraction of sp³-hybridized carbons (Fsp3) is 0.333. The summed E-state index contributed by atoms with van der Waals surface area (Å²) in [6.07, 6.45) is 5.40. The predicted molar refractivity (Wildman–Crippen MR) is 111 cm³/mol. The van der Waals surface area contributed by atoms with Gasteiger partial charge in [-0.15, -0.1) is 0 Å². The van der Waals surface area contributed by atoms with Crippen molar-refractivity contribution in [2.75, 3.05) is 12.1 Å². The Morgan fingerprint density at radius 1 is 1.10 bits per heavy atom. The number of aromatic nitrogens is 1. The highest BCUT2D eigenvalue weighted by Gasteiger charge is 2.53. The second kappa shape index (κ2) is 6.76. The third kappa shape index (κ3) is 3.20. The van der Waals surface area contributed by atoms with Crippen LogP contribution < -0.4 is 5.32 Å². The monoisotopic (exact) mass is 388 g/mol. The van der Waals surface area contributed by atoms with Gasteiger partial charge < -0.3 is 14.8 Å². The summed E-state index contributed by atoms with van der Waals surface area (Å²) < 4.78 is 11.0. The zero-order chi connectivity index (χ0) is 20.0. The van der Waals surface area contributed by atoms with Crippen molar-refractivity contribution < 1.29 is 14.3 Å². The van der Waals surface area contributed by atoms with E-state index in [1.165, 1.54) is 5.56 Å². The lowest BCUT2D eigenvalue weighted by molar-refractivity contribution is -0.120. The summed E-state index contributed by atoms with van der Waals surface area (Å²) in [6.45, 7) is 4.34. The minimum absolute atomic E-state index is 0.0296. The standard InChI is InChI=1S/C24H24N2O3/c1-15-4-3-5-17(12-15)19-7-9-22(25-16(19)2)26-23(27)24(10-11-24)18-6-8-20-21(13-18)29-14-28-20/h3-5,7,9,12-13H,6,8,10-11,14H2,1-2H3,(H,25,26,27). The summed E-state index contributed by atoms with van der Waals surface area (Å²) in [7, 11) is 0. The summed E-state index contributed by atoms with van der Waals surface area (Å²) in [4.78, 5) is 17.8. The summed E-state index contributed by atoms with van der Waals surface area (Å²) in [5, 5.41) is 3.05. The van der Waals surface area contributed by atoms with Crippen molar-refractivity contribution in [3.05, 3.63) is 70.8 Å². The van der Waals surface area contributed by atoms with Crippen LogP contribution in [-0.2, 0) is 14.3 Å². The van der Waals surface area contributed by atoms with Crippen LogP contribution in [0.25, 0.3) is 11.1 Å². The molecule has 0 atom stereocenters. The Hall–Kier alpha value is -3.08. The zero-order valence-corrected chi connectivity index (χ0v) is 16.7. The summed E-state index contributed by atoms with van der Waals surface area (Å²) in [5.74, 6) is 2.34. The average molecular weight is 388 g/mol. The predicted octanol–water partition coefficient (Wildman–Crippen LogP) is 5.02. The van der Waals surface area contributed by atoms with Crippen molar-refractivity contribution in [2.45, 2.75) is 39.5 Å². The Morgan fingerprint density at radius 3 is 2.72 bits per heavy atom. The first-order chi connectivity index (χ1) is 14.0. The van der Waals surface area contributed by atoms with E-state index >= 15 is 0 Å².